The lowest BCUT2D eigenvalue weighted by molar-refractivity contribution is 0.296. The average Bonchev–Trinajstić information content (AvgIpc) is 3.32. The third-order valence-corrected chi connectivity index (χ3v) is 5.20. The van der Waals surface area contributed by atoms with E-state index >= 15 is 0 Å². The van der Waals surface area contributed by atoms with E-state index in [9.17, 15) is 0 Å². The zero-order valence-electron chi connectivity index (χ0n) is 15.7. The number of furan rings is 1. The first kappa shape index (κ1) is 20.7. The van der Waals surface area contributed by atoms with E-state index in [1.165, 1.54) is 0 Å². The molecule has 3 aromatic rings. The van der Waals surface area contributed by atoms with Crippen LogP contribution < -0.4 is 0 Å². The molecule has 0 unspecified atom stereocenters. The first-order chi connectivity index (χ1) is 13.7. The molecule has 0 radical (unpaired) electrons. The van der Waals surface area contributed by atoms with Crippen LogP contribution in [0.4, 0.5) is 0 Å². The van der Waals surface area contributed by atoms with Gasteiger partial charge in [-0.15, -0.1) is 10.2 Å². The second kappa shape index (κ2) is 10.5. The Morgan fingerprint density at radius 3 is 2.93 bits per heavy atom. The highest BCUT2D eigenvalue weighted by Crippen LogP contribution is 2.25. The van der Waals surface area contributed by atoms with Gasteiger partial charge in [0.1, 0.15) is 5.76 Å². The lowest BCUT2D eigenvalue weighted by Crippen LogP contribution is -2.20. The molecule has 6 nitrogen and oxygen atoms in total. The number of aromatic nitrogens is 3. The maximum absolute atomic E-state index is 9.05. The van der Waals surface area contributed by atoms with Crippen LogP contribution in [0.2, 0.25) is 5.02 Å². The fourth-order valence-corrected chi connectivity index (χ4v) is 3.72. The van der Waals surface area contributed by atoms with E-state index in [-0.39, 0.29) is 6.61 Å². The Balaban J connectivity index is 1.75. The molecule has 0 saturated carbocycles. The SMILES string of the molecule is CN(CC=Cc1ccco1)Cc1nnc(SCCCO)n1-c1cccc(Cl)c1. The maximum Gasteiger partial charge on any atom is 0.195 e. The van der Waals surface area contributed by atoms with E-state index < -0.39 is 0 Å². The highest BCUT2D eigenvalue weighted by molar-refractivity contribution is 7.99. The quantitative estimate of drug-likeness (QED) is 0.394. The zero-order valence-corrected chi connectivity index (χ0v) is 17.2. The van der Waals surface area contributed by atoms with Gasteiger partial charge in [-0.1, -0.05) is 35.5 Å². The van der Waals surface area contributed by atoms with Gasteiger partial charge in [-0.2, -0.15) is 0 Å². The normalized spacial score (nSPS) is 11.7. The lowest BCUT2D eigenvalue weighted by atomic mass is 10.3. The van der Waals surface area contributed by atoms with Crippen LogP contribution in [-0.4, -0.2) is 50.7 Å². The molecule has 0 aliphatic rings. The summed E-state index contributed by atoms with van der Waals surface area (Å²) in [4.78, 5) is 2.15. The number of hydrogen-bond donors (Lipinski definition) is 1. The van der Waals surface area contributed by atoms with Crippen molar-refractivity contribution in [1.82, 2.24) is 19.7 Å². The van der Waals surface area contributed by atoms with E-state index in [0.717, 1.165) is 34.7 Å². The fraction of sp³-hybridized carbons (Fsp3) is 0.300. The van der Waals surface area contributed by atoms with Gasteiger partial charge in [-0.3, -0.25) is 9.47 Å². The van der Waals surface area contributed by atoms with Crippen LogP contribution in [0.15, 0.2) is 58.3 Å². The predicted octanol–water partition coefficient (Wildman–Crippen LogP) is 4.13. The monoisotopic (exact) mass is 418 g/mol. The lowest BCUT2D eigenvalue weighted by Gasteiger charge is -2.16. The number of halogens is 1. The first-order valence-electron chi connectivity index (χ1n) is 9.00. The number of benzene rings is 1. The number of aliphatic hydroxyl groups excluding tert-OH is 1. The van der Waals surface area contributed by atoms with Crippen molar-refractivity contribution >= 4 is 29.4 Å². The Kier molecular flexibility index (Phi) is 7.73. The average molecular weight is 419 g/mol. The molecule has 148 valence electrons. The highest BCUT2D eigenvalue weighted by atomic mass is 35.5. The first-order valence-corrected chi connectivity index (χ1v) is 10.4. The van der Waals surface area contributed by atoms with Crippen LogP contribution >= 0.6 is 23.4 Å². The molecule has 0 amide bonds. The van der Waals surface area contributed by atoms with Gasteiger partial charge in [0.05, 0.1) is 18.5 Å². The van der Waals surface area contributed by atoms with Crippen LogP contribution in [0.3, 0.4) is 0 Å². The van der Waals surface area contributed by atoms with Crippen molar-refractivity contribution < 1.29 is 9.52 Å². The number of hydrogen-bond acceptors (Lipinski definition) is 6. The summed E-state index contributed by atoms with van der Waals surface area (Å²) >= 11 is 7.77. The Labute approximate surface area is 173 Å². The second-order valence-electron chi connectivity index (χ2n) is 6.25. The van der Waals surface area contributed by atoms with Crippen LogP contribution in [0.1, 0.15) is 18.0 Å². The summed E-state index contributed by atoms with van der Waals surface area (Å²) in [7, 11) is 2.03. The second-order valence-corrected chi connectivity index (χ2v) is 7.75. The van der Waals surface area contributed by atoms with Gasteiger partial charge in [0, 0.05) is 23.9 Å². The molecule has 0 aliphatic carbocycles. The molecular formula is C20H23ClN4O2S. The van der Waals surface area contributed by atoms with Crippen molar-refractivity contribution in [3.63, 3.8) is 0 Å². The molecular weight excluding hydrogens is 396 g/mol. The molecule has 3 rings (SSSR count). The van der Waals surface area contributed by atoms with E-state index in [2.05, 4.69) is 21.2 Å². The van der Waals surface area contributed by atoms with E-state index in [1.807, 2.05) is 54.1 Å². The van der Waals surface area contributed by atoms with Crippen LogP contribution in [0.25, 0.3) is 11.8 Å². The van der Waals surface area contributed by atoms with Crippen molar-refractivity contribution in [2.75, 3.05) is 26.0 Å². The molecule has 0 saturated heterocycles. The molecule has 8 heteroatoms. The van der Waals surface area contributed by atoms with Crippen LogP contribution in [-0.2, 0) is 6.54 Å². The minimum atomic E-state index is 0.163. The number of rotatable bonds is 10. The van der Waals surface area contributed by atoms with Gasteiger partial charge in [-0.25, -0.2) is 0 Å². The summed E-state index contributed by atoms with van der Waals surface area (Å²) in [6, 6.07) is 11.4. The topological polar surface area (TPSA) is 67.3 Å². The Morgan fingerprint density at radius 1 is 1.29 bits per heavy atom. The minimum absolute atomic E-state index is 0.163. The molecule has 0 fully saturated rings. The summed E-state index contributed by atoms with van der Waals surface area (Å²) in [5.74, 6) is 2.44. The summed E-state index contributed by atoms with van der Waals surface area (Å²) < 4.78 is 7.34. The van der Waals surface area contributed by atoms with Crippen LogP contribution in [0.5, 0.6) is 0 Å². The summed E-state index contributed by atoms with van der Waals surface area (Å²) in [6.45, 7) is 1.54. The van der Waals surface area contributed by atoms with E-state index in [1.54, 1.807) is 18.0 Å². The molecule has 0 aliphatic heterocycles. The molecule has 2 aromatic heterocycles. The molecule has 1 aromatic carbocycles. The van der Waals surface area contributed by atoms with Crippen molar-refractivity contribution in [2.24, 2.45) is 0 Å². The minimum Gasteiger partial charge on any atom is -0.465 e. The number of aliphatic hydroxyl groups is 1. The van der Waals surface area contributed by atoms with Gasteiger partial charge in [0.15, 0.2) is 11.0 Å². The highest BCUT2D eigenvalue weighted by Gasteiger charge is 2.16. The van der Waals surface area contributed by atoms with Crippen molar-refractivity contribution in [3.8, 4) is 5.69 Å². The molecule has 0 atom stereocenters. The Morgan fingerprint density at radius 2 is 2.18 bits per heavy atom. The van der Waals surface area contributed by atoms with Crippen molar-refractivity contribution in [1.29, 1.82) is 0 Å². The van der Waals surface area contributed by atoms with Gasteiger partial charge in [0.2, 0.25) is 0 Å². The third-order valence-electron chi connectivity index (χ3n) is 3.95. The van der Waals surface area contributed by atoms with Gasteiger partial charge >= 0.3 is 0 Å². The number of likely N-dealkylation sites (N-methyl/N-ethyl adjacent to an activating group) is 1. The van der Waals surface area contributed by atoms with Gasteiger partial charge < -0.3 is 9.52 Å². The molecule has 0 spiro atoms. The fourth-order valence-electron chi connectivity index (χ4n) is 2.64. The predicted molar refractivity (Wildman–Crippen MR) is 113 cm³/mol. The smallest absolute Gasteiger partial charge is 0.195 e. The zero-order chi connectivity index (χ0) is 19.8. The summed E-state index contributed by atoms with van der Waals surface area (Å²) in [5, 5.41) is 19.3. The van der Waals surface area contributed by atoms with Crippen molar-refractivity contribution in [2.45, 2.75) is 18.1 Å². The summed E-state index contributed by atoms with van der Waals surface area (Å²) in [6.07, 6.45) is 6.37. The molecule has 2 heterocycles. The Bertz CT molecular complexity index is 896. The Hall–Kier alpha value is -2.06. The standard InChI is InChI=1S/C20H23ClN4O2S/c1-24(10-3-8-18-9-4-12-27-18)15-19-22-23-20(28-13-5-11-26)25(19)17-7-2-6-16(21)14-17/h2-4,6-9,12,14,26H,5,10-11,13,15H2,1H3. The van der Waals surface area contributed by atoms with Crippen LogP contribution in [0, 0.1) is 0 Å². The maximum atomic E-state index is 9.05. The van der Waals surface area contributed by atoms with Gasteiger partial charge in [0.25, 0.3) is 0 Å². The summed E-state index contributed by atoms with van der Waals surface area (Å²) in [5.41, 5.74) is 0.929. The van der Waals surface area contributed by atoms with E-state index in [0.29, 0.717) is 18.0 Å². The number of nitrogens with zero attached hydrogens (tertiary/aromatic N) is 4. The third kappa shape index (κ3) is 5.72. The molecule has 1 N–H and O–H groups in total. The largest absolute Gasteiger partial charge is 0.465 e. The van der Waals surface area contributed by atoms with E-state index in [4.69, 9.17) is 21.1 Å². The van der Waals surface area contributed by atoms with Crippen molar-refractivity contribution in [3.05, 3.63) is 65.3 Å². The molecule has 0 bridgehead atoms. The molecule has 28 heavy (non-hydrogen) atoms. The number of thioether (sulfide) groups is 1. The van der Waals surface area contributed by atoms with Gasteiger partial charge in [-0.05, 0) is 49.9 Å².